The van der Waals surface area contributed by atoms with Crippen LogP contribution in [0.25, 0.3) is 11.0 Å². The number of fused-ring (bicyclic) bond motifs is 1. The number of amides is 1. The Kier molecular flexibility index (Phi) is 4.75. The van der Waals surface area contributed by atoms with E-state index in [4.69, 9.17) is 9.40 Å². The predicted molar refractivity (Wildman–Crippen MR) is 104 cm³/mol. The second kappa shape index (κ2) is 7.50. The van der Waals surface area contributed by atoms with Gasteiger partial charge in [-0.3, -0.25) is 4.79 Å². The molecule has 4 aromatic rings. The molecule has 0 aliphatic rings. The maximum Gasteiger partial charge on any atom is 0.289 e. The van der Waals surface area contributed by atoms with Crippen LogP contribution >= 0.6 is 0 Å². The number of hydrogen-bond acceptors (Lipinski definition) is 3. The topological polar surface area (TPSA) is 51.3 Å². The minimum absolute atomic E-state index is 0.151. The minimum atomic E-state index is -0.151. The minimum Gasteiger partial charge on any atom is -0.459 e. The maximum absolute atomic E-state index is 12.5. The number of aromatic nitrogens is 2. The van der Waals surface area contributed by atoms with Gasteiger partial charge in [-0.1, -0.05) is 42.5 Å². The lowest BCUT2D eigenvalue weighted by Gasteiger charge is -2.17. The van der Waals surface area contributed by atoms with Gasteiger partial charge in [0.15, 0.2) is 5.76 Å². The fourth-order valence-electron chi connectivity index (χ4n) is 3.25. The number of para-hydroxylation sites is 2. The molecule has 0 atom stereocenters. The van der Waals surface area contributed by atoms with Crippen molar-refractivity contribution in [3.05, 3.63) is 90.1 Å². The van der Waals surface area contributed by atoms with Crippen LogP contribution in [0.5, 0.6) is 0 Å². The van der Waals surface area contributed by atoms with Gasteiger partial charge in [0, 0.05) is 13.6 Å². The van der Waals surface area contributed by atoms with E-state index in [0.29, 0.717) is 12.3 Å². The van der Waals surface area contributed by atoms with Crippen LogP contribution in [0.2, 0.25) is 0 Å². The third-order valence-electron chi connectivity index (χ3n) is 4.66. The van der Waals surface area contributed by atoms with Crippen LogP contribution in [0, 0.1) is 0 Å². The first-order valence-electron chi connectivity index (χ1n) is 8.99. The Morgan fingerprint density at radius 3 is 2.59 bits per heavy atom. The zero-order valence-electron chi connectivity index (χ0n) is 15.2. The van der Waals surface area contributed by atoms with Gasteiger partial charge < -0.3 is 13.9 Å². The van der Waals surface area contributed by atoms with Crippen LogP contribution in [0.15, 0.2) is 77.4 Å². The highest BCUT2D eigenvalue weighted by Gasteiger charge is 2.18. The summed E-state index contributed by atoms with van der Waals surface area (Å²) in [5, 5.41) is 0. The van der Waals surface area contributed by atoms with Crippen molar-refractivity contribution in [2.45, 2.75) is 19.5 Å². The van der Waals surface area contributed by atoms with E-state index in [9.17, 15) is 4.79 Å². The molecule has 2 aromatic carbocycles. The molecule has 0 fully saturated rings. The molecule has 5 nitrogen and oxygen atoms in total. The molecule has 0 N–H and O–H groups in total. The van der Waals surface area contributed by atoms with Gasteiger partial charge in [-0.2, -0.15) is 0 Å². The molecule has 2 aromatic heterocycles. The van der Waals surface area contributed by atoms with E-state index in [0.717, 1.165) is 29.8 Å². The van der Waals surface area contributed by atoms with Crippen molar-refractivity contribution in [3.8, 4) is 0 Å². The summed E-state index contributed by atoms with van der Waals surface area (Å²) in [5.74, 6) is 1.06. The molecule has 0 saturated carbocycles. The Morgan fingerprint density at radius 1 is 1.04 bits per heavy atom. The smallest absolute Gasteiger partial charge is 0.289 e. The van der Waals surface area contributed by atoms with E-state index in [1.165, 1.54) is 11.8 Å². The molecule has 0 saturated heterocycles. The Balaban J connectivity index is 1.60. The maximum atomic E-state index is 12.5. The van der Waals surface area contributed by atoms with Crippen LogP contribution in [0.4, 0.5) is 0 Å². The van der Waals surface area contributed by atoms with E-state index in [-0.39, 0.29) is 5.91 Å². The van der Waals surface area contributed by atoms with Crippen LogP contribution < -0.4 is 0 Å². The molecule has 0 radical (unpaired) electrons. The van der Waals surface area contributed by atoms with E-state index < -0.39 is 0 Å². The van der Waals surface area contributed by atoms with Crippen LogP contribution in [0.1, 0.15) is 21.9 Å². The lowest BCUT2D eigenvalue weighted by Crippen LogP contribution is -2.27. The largest absolute Gasteiger partial charge is 0.459 e. The number of imidazole rings is 1. The molecule has 0 bridgehead atoms. The van der Waals surface area contributed by atoms with Gasteiger partial charge >= 0.3 is 0 Å². The monoisotopic (exact) mass is 359 g/mol. The zero-order chi connectivity index (χ0) is 18.6. The summed E-state index contributed by atoms with van der Waals surface area (Å²) in [7, 11) is 1.77. The second-order valence-corrected chi connectivity index (χ2v) is 6.54. The first-order chi connectivity index (χ1) is 13.2. The van der Waals surface area contributed by atoms with Crippen LogP contribution in [-0.4, -0.2) is 27.4 Å². The lowest BCUT2D eigenvalue weighted by atomic mass is 10.1. The number of furan rings is 1. The highest BCUT2D eigenvalue weighted by Crippen LogP contribution is 2.19. The average molecular weight is 359 g/mol. The van der Waals surface area contributed by atoms with E-state index >= 15 is 0 Å². The van der Waals surface area contributed by atoms with Crippen molar-refractivity contribution in [2.24, 2.45) is 0 Å². The number of aryl methyl sites for hydroxylation is 2. The average Bonchev–Trinajstić information content (AvgIpc) is 3.34. The van der Waals surface area contributed by atoms with Crippen molar-refractivity contribution in [2.75, 3.05) is 7.05 Å². The third-order valence-corrected chi connectivity index (χ3v) is 4.66. The van der Waals surface area contributed by atoms with E-state index in [1.54, 1.807) is 24.1 Å². The number of hydrogen-bond donors (Lipinski definition) is 0. The lowest BCUT2D eigenvalue weighted by molar-refractivity contribution is 0.0748. The fourth-order valence-corrected chi connectivity index (χ4v) is 3.25. The quantitative estimate of drug-likeness (QED) is 0.520. The van der Waals surface area contributed by atoms with Gasteiger partial charge in [0.25, 0.3) is 5.91 Å². The van der Waals surface area contributed by atoms with Crippen molar-refractivity contribution < 1.29 is 9.21 Å². The van der Waals surface area contributed by atoms with Gasteiger partial charge in [0.1, 0.15) is 5.82 Å². The fraction of sp³-hybridized carbons (Fsp3) is 0.182. The Bertz CT molecular complexity index is 1040. The summed E-state index contributed by atoms with van der Waals surface area (Å²) in [6, 6.07) is 21.9. The highest BCUT2D eigenvalue weighted by molar-refractivity contribution is 5.91. The molecule has 5 heteroatoms. The summed E-state index contributed by atoms with van der Waals surface area (Å²) in [6.07, 6.45) is 2.42. The summed E-state index contributed by atoms with van der Waals surface area (Å²) in [4.78, 5) is 18.9. The normalized spacial score (nSPS) is 11.0. The highest BCUT2D eigenvalue weighted by atomic mass is 16.3. The van der Waals surface area contributed by atoms with Gasteiger partial charge in [-0.15, -0.1) is 0 Å². The van der Waals surface area contributed by atoms with Crippen molar-refractivity contribution >= 4 is 16.9 Å². The van der Waals surface area contributed by atoms with Gasteiger partial charge in [0.2, 0.25) is 0 Å². The first-order valence-corrected chi connectivity index (χ1v) is 8.99. The Labute approximate surface area is 157 Å². The molecule has 2 heterocycles. The van der Waals surface area contributed by atoms with Crippen molar-refractivity contribution in [1.29, 1.82) is 0 Å². The SMILES string of the molecule is CN(Cc1nc2ccccc2n1CCc1ccccc1)C(=O)c1ccco1. The number of carbonyl (C=O) groups excluding carboxylic acids is 1. The van der Waals surface area contributed by atoms with E-state index in [1.807, 2.05) is 24.3 Å². The molecular weight excluding hydrogens is 338 g/mol. The van der Waals surface area contributed by atoms with E-state index in [2.05, 4.69) is 34.9 Å². The summed E-state index contributed by atoms with van der Waals surface area (Å²) < 4.78 is 7.43. The molecule has 136 valence electrons. The van der Waals surface area contributed by atoms with Crippen LogP contribution in [0.3, 0.4) is 0 Å². The number of nitrogens with zero attached hydrogens (tertiary/aromatic N) is 3. The summed E-state index contributed by atoms with van der Waals surface area (Å²) >= 11 is 0. The molecular formula is C22H21N3O2. The Hall–Kier alpha value is -3.34. The van der Waals surface area contributed by atoms with Gasteiger partial charge in [-0.25, -0.2) is 4.98 Å². The molecule has 0 spiro atoms. The number of rotatable bonds is 6. The summed E-state index contributed by atoms with van der Waals surface area (Å²) in [5.41, 5.74) is 3.31. The third kappa shape index (κ3) is 3.62. The van der Waals surface area contributed by atoms with Crippen molar-refractivity contribution in [3.63, 3.8) is 0 Å². The summed E-state index contributed by atoms with van der Waals surface area (Å²) in [6.45, 7) is 1.23. The first kappa shape index (κ1) is 17.1. The molecule has 0 unspecified atom stereocenters. The molecule has 4 rings (SSSR count). The number of carbonyl (C=O) groups is 1. The predicted octanol–water partition coefficient (Wildman–Crippen LogP) is 4.14. The second-order valence-electron chi connectivity index (χ2n) is 6.54. The standard InChI is InChI=1S/C22H21N3O2/c1-24(22(26)20-12-7-15-27-20)16-21-23-18-10-5-6-11-19(18)25(21)14-13-17-8-3-2-4-9-17/h2-12,15H,13-14,16H2,1H3. The van der Waals surface area contributed by atoms with Crippen molar-refractivity contribution in [1.82, 2.24) is 14.5 Å². The molecule has 0 aliphatic carbocycles. The Morgan fingerprint density at radius 2 is 1.81 bits per heavy atom. The molecule has 1 amide bonds. The molecule has 0 aliphatic heterocycles. The van der Waals surface area contributed by atoms with Crippen LogP contribution in [-0.2, 0) is 19.5 Å². The van der Waals surface area contributed by atoms with Gasteiger partial charge in [0.05, 0.1) is 23.8 Å². The number of benzene rings is 2. The zero-order valence-corrected chi connectivity index (χ0v) is 15.2. The van der Waals surface area contributed by atoms with Gasteiger partial charge in [-0.05, 0) is 36.2 Å². The molecule has 27 heavy (non-hydrogen) atoms.